The van der Waals surface area contributed by atoms with Gasteiger partial charge in [-0.25, -0.2) is 4.98 Å². The van der Waals surface area contributed by atoms with E-state index in [0.717, 1.165) is 31.2 Å². The van der Waals surface area contributed by atoms with Crippen molar-refractivity contribution < 1.29 is 5.11 Å². The number of aliphatic hydroxyl groups excluding tert-OH is 1. The molecular weight excluding hydrogens is 248 g/mol. The normalized spacial score (nSPS) is 18.9. The average Bonchev–Trinajstić information content (AvgIpc) is 2.99. The number of nitrogen functional groups attached to an aromatic ring is 1. The molecule has 0 radical (unpaired) electrons. The predicted molar refractivity (Wildman–Crippen MR) is 80.2 cm³/mol. The molecule has 104 valence electrons. The van der Waals surface area contributed by atoms with Gasteiger partial charge in [-0.3, -0.25) is 0 Å². The summed E-state index contributed by atoms with van der Waals surface area (Å²) in [6, 6.07) is 14.0. The van der Waals surface area contributed by atoms with Crippen LogP contribution in [0.4, 0.5) is 5.82 Å². The van der Waals surface area contributed by atoms with Crippen LogP contribution in [0.15, 0.2) is 48.7 Å². The number of hydrogen-bond acceptors (Lipinski definition) is 3. The molecule has 0 aliphatic heterocycles. The van der Waals surface area contributed by atoms with Gasteiger partial charge in [-0.05, 0) is 24.5 Å². The van der Waals surface area contributed by atoms with Crippen LogP contribution in [0.1, 0.15) is 42.9 Å². The van der Waals surface area contributed by atoms with Gasteiger partial charge in [0, 0.05) is 17.2 Å². The first kappa shape index (κ1) is 13.1. The number of benzene rings is 1. The Morgan fingerprint density at radius 2 is 1.75 bits per heavy atom. The van der Waals surface area contributed by atoms with E-state index in [4.69, 9.17) is 5.73 Å². The summed E-state index contributed by atoms with van der Waals surface area (Å²) in [5.74, 6) is 0.433. The first-order valence-corrected chi connectivity index (χ1v) is 7.18. The van der Waals surface area contributed by atoms with E-state index >= 15 is 0 Å². The molecule has 1 aromatic heterocycles. The molecule has 1 atom stereocenters. The van der Waals surface area contributed by atoms with E-state index in [0.29, 0.717) is 5.82 Å². The average molecular weight is 268 g/mol. The molecule has 1 fully saturated rings. The van der Waals surface area contributed by atoms with E-state index in [-0.39, 0.29) is 5.41 Å². The third-order valence-corrected chi connectivity index (χ3v) is 4.53. The Morgan fingerprint density at radius 3 is 2.40 bits per heavy atom. The molecule has 0 saturated heterocycles. The van der Waals surface area contributed by atoms with Crippen molar-refractivity contribution in [3.8, 4) is 0 Å². The third kappa shape index (κ3) is 2.08. The zero-order chi connectivity index (χ0) is 14.0. The number of pyridine rings is 1. The van der Waals surface area contributed by atoms with E-state index in [1.165, 1.54) is 5.56 Å². The minimum absolute atomic E-state index is 0.224. The van der Waals surface area contributed by atoms with Crippen LogP contribution in [0.2, 0.25) is 0 Å². The second kappa shape index (κ2) is 5.25. The van der Waals surface area contributed by atoms with Crippen LogP contribution in [0.5, 0.6) is 0 Å². The predicted octanol–water partition coefficient (Wildman–Crippen LogP) is 3.21. The summed E-state index contributed by atoms with van der Waals surface area (Å²) in [5.41, 5.74) is 7.68. The Morgan fingerprint density at radius 1 is 1.05 bits per heavy atom. The Bertz CT molecular complexity index is 577. The van der Waals surface area contributed by atoms with Gasteiger partial charge in [-0.2, -0.15) is 0 Å². The van der Waals surface area contributed by atoms with Crippen LogP contribution in [-0.4, -0.2) is 10.1 Å². The highest BCUT2D eigenvalue weighted by atomic mass is 16.3. The van der Waals surface area contributed by atoms with Crippen LogP contribution < -0.4 is 5.73 Å². The number of anilines is 1. The quantitative estimate of drug-likeness (QED) is 0.898. The van der Waals surface area contributed by atoms with Gasteiger partial charge in [-0.1, -0.05) is 49.2 Å². The lowest BCUT2D eigenvalue weighted by Crippen LogP contribution is -2.31. The van der Waals surface area contributed by atoms with Crippen LogP contribution >= 0.6 is 0 Å². The van der Waals surface area contributed by atoms with E-state index < -0.39 is 6.10 Å². The lowest BCUT2D eigenvalue weighted by Gasteiger charge is -2.35. The van der Waals surface area contributed by atoms with Gasteiger partial charge in [0.1, 0.15) is 5.82 Å². The number of rotatable bonds is 3. The minimum atomic E-state index is -0.596. The fourth-order valence-electron chi connectivity index (χ4n) is 3.45. The largest absolute Gasteiger partial charge is 0.387 e. The summed E-state index contributed by atoms with van der Waals surface area (Å²) in [5, 5.41) is 11.0. The topological polar surface area (TPSA) is 59.1 Å². The van der Waals surface area contributed by atoms with Crippen LogP contribution in [-0.2, 0) is 5.41 Å². The van der Waals surface area contributed by atoms with Gasteiger partial charge in [0.15, 0.2) is 0 Å². The van der Waals surface area contributed by atoms with Gasteiger partial charge in [-0.15, -0.1) is 0 Å². The van der Waals surface area contributed by atoms with E-state index in [1.54, 1.807) is 6.20 Å². The smallest absolute Gasteiger partial charge is 0.129 e. The highest BCUT2D eigenvalue weighted by Crippen LogP contribution is 2.50. The van der Waals surface area contributed by atoms with Crippen molar-refractivity contribution in [3.05, 3.63) is 59.8 Å². The number of nitrogens with zero attached hydrogens (tertiary/aromatic N) is 1. The van der Waals surface area contributed by atoms with Crippen molar-refractivity contribution >= 4 is 5.82 Å². The first-order valence-electron chi connectivity index (χ1n) is 7.18. The van der Waals surface area contributed by atoms with Crippen molar-refractivity contribution in [3.63, 3.8) is 0 Å². The zero-order valence-corrected chi connectivity index (χ0v) is 11.5. The highest BCUT2D eigenvalue weighted by molar-refractivity contribution is 5.44. The van der Waals surface area contributed by atoms with Gasteiger partial charge in [0.25, 0.3) is 0 Å². The standard InChI is InChI=1S/C17H20N2O/c18-16-14(9-6-12-19-16)15(20)17(10-4-5-11-17)13-7-2-1-3-8-13/h1-3,6-9,12,15,20H,4-5,10-11H2,(H2,18,19). The van der Waals surface area contributed by atoms with Gasteiger partial charge >= 0.3 is 0 Å². The molecule has 3 heteroatoms. The Kier molecular flexibility index (Phi) is 3.45. The Hall–Kier alpha value is -1.87. The maximum Gasteiger partial charge on any atom is 0.129 e. The van der Waals surface area contributed by atoms with E-state index in [9.17, 15) is 5.11 Å². The molecule has 0 spiro atoms. The van der Waals surface area contributed by atoms with Crippen LogP contribution in [0.25, 0.3) is 0 Å². The Labute approximate surface area is 119 Å². The lowest BCUT2D eigenvalue weighted by atomic mass is 9.72. The summed E-state index contributed by atoms with van der Waals surface area (Å²) in [4.78, 5) is 4.11. The summed E-state index contributed by atoms with van der Waals surface area (Å²) < 4.78 is 0. The summed E-state index contributed by atoms with van der Waals surface area (Å²) in [6.07, 6.45) is 5.34. The fourth-order valence-corrected chi connectivity index (χ4v) is 3.45. The van der Waals surface area contributed by atoms with Crippen molar-refractivity contribution in [1.82, 2.24) is 4.98 Å². The number of nitrogens with two attached hydrogens (primary N) is 1. The van der Waals surface area contributed by atoms with Crippen molar-refractivity contribution in [2.45, 2.75) is 37.2 Å². The molecule has 3 nitrogen and oxygen atoms in total. The van der Waals surface area contributed by atoms with Crippen LogP contribution in [0, 0.1) is 0 Å². The first-order chi connectivity index (χ1) is 9.74. The summed E-state index contributed by atoms with van der Waals surface area (Å²) in [6.45, 7) is 0. The summed E-state index contributed by atoms with van der Waals surface area (Å²) >= 11 is 0. The monoisotopic (exact) mass is 268 g/mol. The maximum atomic E-state index is 11.0. The molecule has 1 unspecified atom stereocenters. The molecule has 3 rings (SSSR count). The molecule has 1 heterocycles. The zero-order valence-electron chi connectivity index (χ0n) is 11.5. The number of aliphatic hydroxyl groups is 1. The second-order valence-corrected chi connectivity index (χ2v) is 5.61. The molecule has 1 aromatic carbocycles. The molecule has 0 amide bonds. The highest BCUT2D eigenvalue weighted by Gasteiger charge is 2.43. The Balaban J connectivity index is 2.06. The molecule has 0 bridgehead atoms. The van der Waals surface area contributed by atoms with E-state index in [1.807, 2.05) is 30.3 Å². The van der Waals surface area contributed by atoms with Crippen molar-refractivity contribution in [2.75, 3.05) is 5.73 Å². The molecule has 1 aliphatic carbocycles. The van der Waals surface area contributed by atoms with Crippen LogP contribution in [0.3, 0.4) is 0 Å². The molecular formula is C17H20N2O. The lowest BCUT2D eigenvalue weighted by molar-refractivity contribution is 0.0826. The van der Waals surface area contributed by atoms with Crippen molar-refractivity contribution in [2.24, 2.45) is 0 Å². The fraction of sp³-hybridized carbons (Fsp3) is 0.353. The molecule has 2 aromatic rings. The number of hydrogen-bond donors (Lipinski definition) is 2. The second-order valence-electron chi connectivity index (χ2n) is 5.61. The molecule has 1 aliphatic rings. The SMILES string of the molecule is Nc1ncccc1C(O)C1(c2ccccc2)CCCC1. The van der Waals surface area contributed by atoms with Crippen molar-refractivity contribution in [1.29, 1.82) is 0 Å². The molecule has 1 saturated carbocycles. The van der Waals surface area contributed by atoms with Gasteiger partial charge in [0.2, 0.25) is 0 Å². The molecule has 3 N–H and O–H groups in total. The third-order valence-electron chi connectivity index (χ3n) is 4.53. The van der Waals surface area contributed by atoms with Gasteiger partial charge in [0.05, 0.1) is 6.10 Å². The molecule has 20 heavy (non-hydrogen) atoms. The maximum absolute atomic E-state index is 11.0. The number of aromatic nitrogens is 1. The van der Waals surface area contributed by atoms with E-state index in [2.05, 4.69) is 17.1 Å². The summed E-state index contributed by atoms with van der Waals surface area (Å²) in [7, 11) is 0. The van der Waals surface area contributed by atoms with Gasteiger partial charge < -0.3 is 10.8 Å². The minimum Gasteiger partial charge on any atom is -0.387 e.